The number of nitrogens with one attached hydrogen (secondary N) is 1. The van der Waals surface area contributed by atoms with Gasteiger partial charge in [-0.05, 0) is 37.1 Å². The molecule has 1 N–H and O–H groups in total. The Hall–Kier alpha value is -1.62. The van der Waals surface area contributed by atoms with Gasteiger partial charge in [0.05, 0.1) is 21.2 Å². The minimum absolute atomic E-state index is 0.0972. The van der Waals surface area contributed by atoms with E-state index in [4.69, 9.17) is 23.2 Å². The number of fused-ring (bicyclic) bond motifs is 1. The lowest BCUT2D eigenvalue weighted by atomic mass is 10.0. The molecule has 3 rings (SSSR count). The van der Waals surface area contributed by atoms with Crippen molar-refractivity contribution in [1.82, 2.24) is 4.98 Å². The first-order valence-electron chi connectivity index (χ1n) is 7.04. The average Bonchev–Trinajstić information content (AvgIpc) is 2.90. The summed E-state index contributed by atoms with van der Waals surface area (Å²) < 4.78 is 0.890. The van der Waals surface area contributed by atoms with Gasteiger partial charge < -0.3 is 5.32 Å². The number of carbonyl (C=O) groups is 1. The highest BCUT2D eigenvalue weighted by molar-refractivity contribution is 7.22. The molecule has 1 heterocycles. The van der Waals surface area contributed by atoms with Crippen LogP contribution in [0.3, 0.4) is 0 Å². The van der Waals surface area contributed by atoms with Crippen LogP contribution in [-0.2, 0) is 11.2 Å². The van der Waals surface area contributed by atoms with E-state index < -0.39 is 0 Å². The lowest BCUT2D eigenvalue weighted by molar-refractivity contribution is -0.115. The maximum absolute atomic E-state index is 12.3. The summed E-state index contributed by atoms with van der Waals surface area (Å²) in [4.78, 5) is 16.6. The first-order valence-corrected chi connectivity index (χ1v) is 8.62. The Morgan fingerprint density at radius 1 is 1.22 bits per heavy atom. The molecule has 1 amide bonds. The van der Waals surface area contributed by atoms with Crippen LogP contribution in [0.5, 0.6) is 0 Å². The Balaban J connectivity index is 1.80. The van der Waals surface area contributed by atoms with Crippen molar-refractivity contribution in [3.63, 3.8) is 0 Å². The van der Waals surface area contributed by atoms with E-state index in [1.165, 1.54) is 11.3 Å². The Kier molecular flexibility index (Phi) is 4.57. The summed E-state index contributed by atoms with van der Waals surface area (Å²) >= 11 is 13.5. The minimum Gasteiger partial charge on any atom is -0.302 e. The van der Waals surface area contributed by atoms with Gasteiger partial charge in [-0.25, -0.2) is 4.98 Å². The van der Waals surface area contributed by atoms with Crippen molar-refractivity contribution in [2.75, 3.05) is 5.32 Å². The normalized spacial score (nSPS) is 11.0. The predicted octanol–water partition coefficient (Wildman–Crippen LogP) is 5.40. The lowest BCUT2D eigenvalue weighted by Gasteiger charge is -2.06. The molecule has 3 aromatic rings. The van der Waals surface area contributed by atoms with Crippen LogP contribution in [0.15, 0.2) is 30.3 Å². The van der Waals surface area contributed by atoms with Crippen LogP contribution >= 0.6 is 34.5 Å². The van der Waals surface area contributed by atoms with Crippen LogP contribution < -0.4 is 5.32 Å². The van der Waals surface area contributed by atoms with E-state index in [1.807, 2.05) is 38.1 Å². The van der Waals surface area contributed by atoms with Crippen LogP contribution in [0.25, 0.3) is 10.2 Å². The molecule has 0 saturated heterocycles. The van der Waals surface area contributed by atoms with E-state index in [-0.39, 0.29) is 5.91 Å². The van der Waals surface area contributed by atoms with E-state index in [1.54, 1.807) is 6.07 Å². The SMILES string of the molecule is Cc1ccc(C)c(CC(=O)Nc2nc3c(Cl)c(Cl)ccc3s2)c1. The van der Waals surface area contributed by atoms with Crippen LogP contribution in [0.4, 0.5) is 5.13 Å². The van der Waals surface area contributed by atoms with E-state index in [2.05, 4.69) is 10.3 Å². The zero-order chi connectivity index (χ0) is 16.6. The third-order valence-electron chi connectivity index (χ3n) is 3.55. The highest BCUT2D eigenvalue weighted by Crippen LogP contribution is 2.35. The van der Waals surface area contributed by atoms with Gasteiger partial charge in [0, 0.05) is 0 Å². The molecule has 0 aliphatic heterocycles. The van der Waals surface area contributed by atoms with Crippen molar-refractivity contribution in [3.05, 3.63) is 57.1 Å². The molecule has 3 nitrogen and oxygen atoms in total. The molecule has 2 aromatic carbocycles. The summed E-state index contributed by atoms with van der Waals surface area (Å²) in [7, 11) is 0. The zero-order valence-corrected chi connectivity index (χ0v) is 14.9. The van der Waals surface area contributed by atoms with Crippen molar-refractivity contribution in [3.8, 4) is 0 Å². The minimum atomic E-state index is -0.0972. The molecule has 0 bridgehead atoms. The smallest absolute Gasteiger partial charge is 0.230 e. The van der Waals surface area contributed by atoms with Gasteiger partial charge in [0.2, 0.25) is 5.91 Å². The fourth-order valence-corrected chi connectivity index (χ4v) is 3.62. The molecular weight excluding hydrogens is 351 g/mol. The van der Waals surface area contributed by atoms with Gasteiger partial charge in [-0.1, -0.05) is 58.3 Å². The Morgan fingerprint density at radius 2 is 2.00 bits per heavy atom. The predicted molar refractivity (Wildman–Crippen MR) is 97.9 cm³/mol. The number of nitrogens with zero attached hydrogens (tertiary/aromatic N) is 1. The van der Waals surface area contributed by atoms with Gasteiger partial charge in [-0.15, -0.1) is 0 Å². The van der Waals surface area contributed by atoms with E-state index >= 15 is 0 Å². The molecule has 0 spiro atoms. The maximum atomic E-state index is 12.3. The number of aromatic nitrogens is 1. The van der Waals surface area contributed by atoms with Crippen molar-refractivity contribution in [1.29, 1.82) is 0 Å². The number of hydrogen-bond donors (Lipinski definition) is 1. The number of benzene rings is 2. The molecule has 1 aromatic heterocycles. The number of hydrogen-bond acceptors (Lipinski definition) is 3. The summed E-state index contributed by atoms with van der Waals surface area (Å²) in [5, 5.41) is 4.24. The summed E-state index contributed by atoms with van der Waals surface area (Å²) in [6.45, 7) is 4.02. The Labute approximate surface area is 148 Å². The third-order valence-corrected chi connectivity index (χ3v) is 5.28. The van der Waals surface area contributed by atoms with Crippen LogP contribution in [0.1, 0.15) is 16.7 Å². The number of halogens is 2. The third kappa shape index (κ3) is 3.50. The molecule has 0 fully saturated rings. The second-order valence-corrected chi connectivity index (χ2v) is 7.20. The molecule has 6 heteroatoms. The lowest BCUT2D eigenvalue weighted by Crippen LogP contribution is -2.14. The van der Waals surface area contributed by atoms with Gasteiger partial charge in [-0.2, -0.15) is 0 Å². The van der Waals surface area contributed by atoms with Crippen molar-refractivity contribution >= 4 is 55.8 Å². The molecule has 23 heavy (non-hydrogen) atoms. The van der Waals surface area contributed by atoms with Gasteiger partial charge in [0.15, 0.2) is 5.13 Å². The topological polar surface area (TPSA) is 42.0 Å². The van der Waals surface area contributed by atoms with Crippen LogP contribution in [0, 0.1) is 13.8 Å². The summed E-state index contributed by atoms with van der Waals surface area (Å²) in [5.41, 5.74) is 3.88. The van der Waals surface area contributed by atoms with Gasteiger partial charge in [-0.3, -0.25) is 4.79 Å². The summed E-state index contributed by atoms with van der Waals surface area (Å²) in [5.74, 6) is -0.0972. The van der Waals surface area contributed by atoms with E-state index in [0.717, 1.165) is 21.4 Å². The van der Waals surface area contributed by atoms with Gasteiger partial charge in [0.1, 0.15) is 5.52 Å². The molecule has 0 aliphatic rings. The summed E-state index contributed by atoms with van der Waals surface area (Å²) in [6, 6.07) is 9.67. The van der Waals surface area contributed by atoms with Crippen molar-refractivity contribution in [2.45, 2.75) is 20.3 Å². The molecule has 0 radical (unpaired) electrons. The molecule has 0 atom stereocenters. The molecule has 118 valence electrons. The quantitative estimate of drug-likeness (QED) is 0.675. The van der Waals surface area contributed by atoms with E-state index in [0.29, 0.717) is 27.1 Å². The van der Waals surface area contributed by atoms with Gasteiger partial charge in [0.25, 0.3) is 0 Å². The average molecular weight is 365 g/mol. The highest BCUT2D eigenvalue weighted by atomic mass is 35.5. The second-order valence-electron chi connectivity index (χ2n) is 5.38. The van der Waals surface area contributed by atoms with E-state index in [9.17, 15) is 4.79 Å². The number of rotatable bonds is 3. The van der Waals surface area contributed by atoms with Crippen molar-refractivity contribution < 1.29 is 4.79 Å². The molecule has 0 saturated carbocycles. The monoisotopic (exact) mass is 364 g/mol. The van der Waals surface area contributed by atoms with Gasteiger partial charge >= 0.3 is 0 Å². The van der Waals surface area contributed by atoms with Crippen molar-refractivity contribution in [2.24, 2.45) is 0 Å². The van der Waals surface area contributed by atoms with Crippen LogP contribution in [-0.4, -0.2) is 10.9 Å². The molecule has 0 unspecified atom stereocenters. The number of anilines is 1. The summed E-state index contributed by atoms with van der Waals surface area (Å²) in [6.07, 6.45) is 0.317. The second kappa shape index (κ2) is 6.48. The molecule has 0 aliphatic carbocycles. The Morgan fingerprint density at radius 3 is 2.78 bits per heavy atom. The fourth-order valence-electron chi connectivity index (χ4n) is 2.32. The number of aryl methyl sites for hydroxylation is 2. The Bertz CT molecular complexity index is 905. The van der Waals surface area contributed by atoms with Crippen LogP contribution in [0.2, 0.25) is 10.0 Å². The zero-order valence-electron chi connectivity index (χ0n) is 12.6. The number of thiazole rings is 1. The molecular formula is C17H14Cl2N2OS. The largest absolute Gasteiger partial charge is 0.302 e. The standard InChI is InChI=1S/C17H14Cl2N2OS/c1-9-3-4-10(2)11(7-9)8-14(22)20-17-21-16-13(23-17)6-5-12(18)15(16)19/h3-7H,8H2,1-2H3,(H,20,21,22). The number of carbonyl (C=O) groups excluding carboxylic acids is 1. The maximum Gasteiger partial charge on any atom is 0.230 e. The highest BCUT2D eigenvalue weighted by Gasteiger charge is 2.13. The number of amides is 1. The fraction of sp³-hybridized carbons (Fsp3) is 0.176. The first kappa shape index (κ1) is 16.2. The first-order chi connectivity index (χ1) is 10.9.